The summed E-state index contributed by atoms with van der Waals surface area (Å²) in [6, 6.07) is 15.6. The van der Waals surface area contributed by atoms with Gasteiger partial charge in [0.25, 0.3) is 10.0 Å². The molecule has 11 heteroatoms. The Hall–Kier alpha value is -3.63. The second-order valence-corrected chi connectivity index (χ2v) is 11.3. The van der Waals surface area contributed by atoms with Gasteiger partial charge in [0.15, 0.2) is 5.65 Å². The van der Waals surface area contributed by atoms with Gasteiger partial charge < -0.3 is 15.5 Å². The van der Waals surface area contributed by atoms with E-state index in [0.717, 1.165) is 24.1 Å². The maximum Gasteiger partial charge on any atom is 0.269 e. The van der Waals surface area contributed by atoms with Crippen molar-refractivity contribution in [1.29, 1.82) is 0 Å². The zero-order valence-corrected chi connectivity index (χ0v) is 21.8. The van der Waals surface area contributed by atoms with Crippen LogP contribution in [-0.2, 0) is 14.8 Å². The molecule has 0 radical (unpaired) electrons. The molecule has 1 unspecified atom stereocenters. The summed E-state index contributed by atoms with van der Waals surface area (Å²) in [7, 11) is -3.81. The number of anilines is 2. The number of rotatable bonds is 7. The Kier molecular flexibility index (Phi) is 7.03. The van der Waals surface area contributed by atoms with E-state index < -0.39 is 10.0 Å². The van der Waals surface area contributed by atoms with Crippen molar-refractivity contribution in [1.82, 2.24) is 18.8 Å². The number of carbonyl (C=O) groups is 1. The number of benzene rings is 2. The van der Waals surface area contributed by atoms with Crippen LogP contribution >= 0.6 is 11.6 Å². The van der Waals surface area contributed by atoms with Gasteiger partial charge in [0.05, 0.1) is 16.8 Å². The minimum absolute atomic E-state index is 0.00429. The Balaban J connectivity index is 1.29. The van der Waals surface area contributed by atoms with Crippen molar-refractivity contribution in [3.8, 4) is 0 Å². The minimum Gasteiger partial charge on any atom is -0.376 e. The number of piperidine rings is 1. The minimum atomic E-state index is -3.81. The molecule has 37 heavy (non-hydrogen) atoms. The third-order valence-corrected chi connectivity index (χ3v) is 8.36. The number of amides is 1. The molecule has 0 spiro atoms. The Labute approximate surface area is 220 Å². The van der Waals surface area contributed by atoms with Crippen LogP contribution in [0.1, 0.15) is 18.4 Å². The van der Waals surface area contributed by atoms with E-state index in [2.05, 4.69) is 20.6 Å². The van der Waals surface area contributed by atoms with Crippen molar-refractivity contribution in [2.45, 2.75) is 30.7 Å². The summed E-state index contributed by atoms with van der Waals surface area (Å²) in [4.78, 5) is 23.5. The van der Waals surface area contributed by atoms with Gasteiger partial charge in [0.1, 0.15) is 12.1 Å². The molecule has 1 fully saturated rings. The fourth-order valence-electron chi connectivity index (χ4n) is 4.43. The number of fused-ring (bicyclic) bond motifs is 1. The SMILES string of the molecule is Cc1ccc(S(=O)(=O)n2ccc3c(NC4CCCN(C(=O)CNc5ccc(Cl)cc5)C4)ncnc32)cc1. The third kappa shape index (κ3) is 5.40. The molecule has 0 saturated carbocycles. The summed E-state index contributed by atoms with van der Waals surface area (Å²) in [6.45, 7) is 3.30. The van der Waals surface area contributed by atoms with Crippen molar-refractivity contribution < 1.29 is 13.2 Å². The Bertz CT molecular complexity index is 1520. The Morgan fingerprint density at radius 3 is 2.59 bits per heavy atom. The van der Waals surface area contributed by atoms with Crippen LogP contribution in [0.3, 0.4) is 0 Å². The molecular weight excluding hydrogens is 512 g/mol. The van der Waals surface area contributed by atoms with Gasteiger partial charge in [-0.05, 0) is 62.2 Å². The lowest BCUT2D eigenvalue weighted by atomic mass is 10.1. The van der Waals surface area contributed by atoms with E-state index in [1.54, 1.807) is 42.5 Å². The van der Waals surface area contributed by atoms with Crippen molar-refractivity contribution in [2.75, 3.05) is 30.3 Å². The number of nitrogens with zero attached hydrogens (tertiary/aromatic N) is 4. The summed E-state index contributed by atoms with van der Waals surface area (Å²) >= 11 is 5.92. The Morgan fingerprint density at radius 2 is 1.84 bits per heavy atom. The summed E-state index contributed by atoms with van der Waals surface area (Å²) in [5.41, 5.74) is 2.11. The standard InChI is InChI=1S/C26H27ClN6O3S/c1-18-4-10-22(11-5-18)37(35,36)33-14-12-23-25(29-17-30-26(23)33)31-21-3-2-13-32(16-21)24(34)15-28-20-8-6-19(27)7-9-20/h4-12,14,17,21,28H,2-3,13,15-16H2,1H3,(H,29,30,31). The smallest absolute Gasteiger partial charge is 0.269 e. The number of hydrogen-bond donors (Lipinski definition) is 2. The van der Waals surface area contributed by atoms with Crippen molar-refractivity contribution >= 4 is 50.1 Å². The van der Waals surface area contributed by atoms with Gasteiger partial charge in [-0.1, -0.05) is 29.3 Å². The molecule has 2 aromatic heterocycles. The number of hydrogen-bond acceptors (Lipinski definition) is 7. The fourth-order valence-corrected chi connectivity index (χ4v) is 5.86. The van der Waals surface area contributed by atoms with Gasteiger partial charge >= 0.3 is 0 Å². The van der Waals surface area contributed by atoms with E-state index in [9.17, 15) is 13.2 Å². The highest BCUT2D eigenvalue weighted by molar-refractivity contribution is 7.90. The second-order valence-electron chi connectivity index (χ2n) is 9.07. The quantitative estimate of drug-likeness (QED) is 0.364. The van der Waals surface area contributed by atoms with Crippen LogP contribution in [0.15, 0.2) is 72.0 Å². The molecule has 1 aliphatic rings. The molecule has 1 saturated heterocycles. The molecule has 1 aliphatic heterocycles. The maximum atomic E-state index is 13.2. The second kappa shape index (κ2) is 10.4. The number of halogens is 1. The van der Waals surface area contributed by atoms with E-state index in [-0.39, 0.29) is 23.4 Å². The molecule has 3 heterocycles. The first-order valence-electron chi connectivity index (χ1n) is 12.0. The predicted octanol–water partition coefficient (Wildman–Crippen LogP) is 4.15. The average molecular weight is 539 g/mol. The van der Waals surface area contributed by atoms with Gasteiger partial charge in [-0.2, -0.15) is 0 Å². The van der Waals surface area contributed by atoms with Crippen LogP contribution < -0.4 is 10.6 Å². The number of aromatic nitrogens is 3. The average Bonchev–Trinajstić information content (AvgIpc) is 3.35. The van der Waals surface area contributed by atoms with Gasteiger partial charge in [0.2, 0.25) is 5.91 Å². The molecule has 2 aromatic carbocycles. The Morgan fingerprint density at radius 1 is 1.08 bits per heavy atom. The highest BCUT2D eigenvalue weighted by Crippen LogP contribution is 2.26. The van der Waals surface area contributed by atoms with Crippen LogP contribution in [-0.4, -0.2) is 58.8 Å². The monoisotopic (exact) mass is 538 g/mol. The van der Waals surface area contributed by atoms with E-state index in [0.29, 0.717) is 35.0 Å². The fraction of sp³-hybridized carbons (Fsp3) is 0.269. The van der Waals surface area contributed by atoms with E-state index in [4.69, 9.17) is 11.6 Å². The highest BCUT2D eigenvalue weighted by atomic mass is 35.5. The lowest BCUT2D eigenvalue weighted by Gasteiger charge is -2.33. The van der Waals surface area contributed by atoms with Crippen LogP contribution in [0, 0.1) is 6.92 Å². The molecule has 9 nitrogen and oxygen atoms in total. The van der Waals surface area contributed by atoms with E-state index in [1.165, 1.54) is 16.5 Å². The summed E-state index contributed by atoms with van der Waals surface area (Å²) in [5.74, 6) is 0.547. The molecule has 192 valence electrons. The lowest BCUT2D eigenvalue weighted by molar-refractivity contribution is -0.130. The number of aryl methyl sites for hydroxylation is 1. The summed E-state index contributed by atoms with van der Waals surface area (Å²) in [6.07, 6.45) is 4.57. The molecular formula is C26H27ClN6O3S. The zero-order chi connectivity index (χ0) is 26.0. The van der Waals surface area contributed by atoms with Crippen LogP contribution in [0.4, 0.5) is 11.5 Å². The lowest BCUT2D eigenvalue weighted by Crippen LogP contribution is -2.47. The zero-order valence-electron chi connectivity index (χ0n) is 20.3. The first-order chi connectivity index (χ1) is 17.8. The van der Waals surface area contributed by atoms with E-state index >= 15 is 0 Å². The predicted molar refractivity (Wildman–Crippen MR) is 144 cm³/mol. The first kappa shape index (κ1) is 25.0. The molecule has 2 N–H and O–H groups in total. The molecule has 0 bridgehead atoms. The van der Waals surface area contributed by atoms with Crippen LogP contribution in [0.2, 0.25) is 5.02 Å². The largest absolute Gasteiger partial charge is 0.376 e. The molecule has 1 amide bonds. The van der Waals surface area contributed by atoms with Crippen molar-refractivity contribution in [2.24, 2.45) is 0 Å². The van der Waals surface area contributed by atoms with Crippen molar-refractivity contribution in [3.05, 3.63) is 77.7 Å². The van der Waals surface area contributed by atoms with Crippen LogP contribution in [0.5, 0.6) is 0 Å². The molecule has 1 atom stereocenters. The topological polar surface area (TPSA) is 109 Å². The van der Waals surface area contributed by atoms with Gasteiger partial charge in [-0.25, -0.2) is 22.4 Å². The molecule has 0 aliphatic carbocycles. The van der Waals surface area contributed by atoms with Gasteiger partial charge in [-0.3, -0.25) is 4.79 Å². The van der Waals surface area contributed by atoms with Crippen molar-refractivity contribution in [3.63, 3.8) is 0 Å². The number of carbonyl (C=O) groups excluding carboxylic acids is 1. The number of likely N-dealkylation sites (tertiary alicyclic amines) is 1. The summed E-state index contributed by atoms with van der Waals surface area (Å²) in [5, 5.41) is 7.80. The first-order valence-corrected chi connectivity index (χ1v) is 13.8. The maximum absolute atomic E-state index is 13.2. The third-order valence-electron chi connectivity index (χ3n) is 6.43. The highest BCUT2D eigenvalue weighted by Gasteiger charge is 2.26. The molecule has 5 rings (SSSR count). The molecule has 4 aromatic rings. The van der Waals surface area contributed by atoms with Crippen LogP contribution in [0.25, 0.3) is 11.0 Å². The normalized spacial score (nSPS) is 16.1. The number of nitrogens with one attached hydrogen (secondary N) is 2. The van der Waals surface area contributed by atoms with E-state index in [1.807, 2.05) is 24.0 Å². The van der Waals surface area contributed by atoms with Gasteiger partial charge in [0, 0.05) is 36.0 Å². The van der Waals surface area contributed by atoms with Gasteiger partial charge in [-0.15, -0.1) is 0 Å². The summed E-state index contributed by atoms with van der Waals surface area (Å²) < 4.78 is 27.7.